The monoisotopic (exact) mass is 255 g/mol. The first-order valence-electron chi connectivity index (χ1n) is 3.71. The minimum atomic E-state index is -0.481. The van der Waals surface area contributed by atoms with Crippen LogP contribution >= 0.6 is 15.9 Å². The molecule has 1 rings (SSSR count). The van der Waals surface area contributed by atoms with Gasteiger partial charge in [-0.3, -0.25) is 14.9 Å². The third-order valence-electron chi connectivity index (χ3n) is 1.55. The maximum absolute atomic E-state index is 10.4. The van der Waals surface area contributed by atoms with Crippen LogP contribution in [0.4, 0.5) is 5.69 Å². The number of nitro groups is 1. The highest BCUT2D eigenvalue weighted by Crippen LogP contribution is 2.23. The lowest BCUT2D eigenvalue weighted by atomic mass is 10.2. The molecule has 5 heteroatoms. The number of hydrogen-bond acceptors (Lipinski definition) is 3. The summed E-state index contributed by atoms with van der Waals surface area (Å²) in [5.41, 5.74) is 0.602. The second-order valence-electron chi connectivity index (χ2n) is 2.46. The van der Waals surface area contributed by atoms with E-state index in [4.69, 9.17) is 0 Å². The number of hydrogen-bond donors (Lipinski definition) is 0. The summed E-state index contributed by atoms with van der Waals surface area (Å²) in [7, 11) is 0. The van der Waals surface area contributed by atoms with Crippen LogP contribution in [0.15, 0.2) is 30.3 Å². The van der Waals surface area contributed by atoms with Gasteiger partial charge in [-0.05, 0) is 11.6 Å². The quantitative estimate of drug-likeness (QED) is 0.361. The van der Waals surface area contributed by atoms with Crippen molar-refractivity contribution in [1.82, 2.24) is 0 Å². The van der Waals surface area contributed by atoms with E-state index in [1.165, 1.54) is 18.2 Å². The van der Waals surface area contributed by atoms with Gasteiger partial charge < -0.3 is 0 Å². The van der Waals surface area contributed by atoms with Crippen LogP contribution in [0, 0.1) is 10.1 Å². The molecule has 0 bridgehead atoms. The number of benzene rings is 1. The van der Waals surface area contributed by atoms with Gasteiger partial charge in [0.1, 0.15) is 6.29 Å². The first-order valence-corrected chi connectivity index (χ1v) is 4.50. The minimum Gasteiger partial charge on any atom is -0.299 e. The largest absolute Gasteiger partial charge is 0.299 e. The van der Waals surface area contributed by atoms with E-state index in [1.807, 2.05) is 0 Å². The molecule has 0 radical (unpaired) electrons. The second kappa shape index (κ2) is 4.66. The number of allylic oxidation sites excluding steroid dienone is 1. The van der Waals surface area contributed by atoms with Gasteiger partial charge in [0.25, 0.3) is 5.69 Å². The number of nitro benzene ring substituents is 1. The molecule has 0 saturated heterocycles. The SMILES string of the molecule is O=C/C=C(\Br)c1cccc([N+](=O)[O-])c1. The molecule has 0 aliphatic rings. The summed E-state index contributed by atoms with van der Waals surface area (Å²) in [4.78, 5) is 20.1. The predicted octanol–water partition coefficient (Wildman–Crippen LogP) is 2.53. The fourth-order valence-electron chi connectivity index (χ4n) is 0.924. The van der Waals surface area contributed by atoms with Gasteiger partial charge in [0, 0.05) is 16.6 Å². The lowest BCUT2D eigenvalue weighted by Crippen LogP contribution is -1.88. The maximum Gasteiger partial charge on any atom is 0.270 e. The molecule has 0 fully saturated rings. The average Bonchev–Trinajstić information content (AvgIpc) is 2.18. The maximum atomic E-state index is 10.4. The van der Waals surface area contributed by atoms with E-state index in [9.17, 15) is 14.9 Å². The normalized spacial score (nSPS) is 11.1. The van der Waals surface area contributed by atoms with Gasteiger partial charge >= 0.3 is 0 Å². The molecule has 0 amide bonds. The molecule has 0 atom stereocenters. The molecular weight excluding hydrogens is 250 g/mol. The molecule has 0 aliphatic heterocycles. The summed E-state index contributed by atoms with van der Waals surface area (Å²) in [6.07, 6.45) is 1.90. The van der Waals surface area contributed by atoms with Crippen molar-refractivity contribution in [2.45, 2.75) is 0 Å². The van der Waals surface area contributed by atoms with Crippen molar-refractivity contribution in [2.24, 2.45) is 0 Å². The van der Waals surface area contributed by atoms with E-state index in [2.05, 4.69) is 15.9 Å². The Morgan fingerprint density at radius 3 is 2.79 bits per heavy atom. The third kappa shape index (κ3) is 2.50. The topological polar surface area (TPSA) is 60.2 Å². The molecule has 0 N–H and O–H groups in total. The summed E-state index contributed by atoms with van der Waals surface area (Å²) >= 11 is 3.14. The van der Waals surface area contributed by atoms with Crippen molar-refractivity contribution in [3.05, 3.63) is 46.0 Å². The Hall–Kier alpha value is -1.49. The summed E-state index contributed by atoms with van der Waals surface area (Å²) in [6.45, 7) is 0. The van der Waals surface area contributed by atoms with Crippen molar-refractivity contribution in [1.29, 1.82) is 0 Å². The van der Waals surface area contributed by atoms with Gasteiger partial charge in [0.15, 0.2) is 0 Å². The highest BCUT2D eigenvalue weighted by molar-refractivity contribution is 9.15. The number of nitrogens with zero attached hydrogens (tertiary/aromatic N) is 1. The summed E-state index contributed by atoms with van der Waals surface area (Å²) < 4.78 is 0.524. The van der Waals surface area contributed by atoms with Crippen LogP contribution in [0.5, 0.6) is 0 Å². The fraction of sp³-hybridized carbons (Fsp3) is 0. The smallest absolute Gasteiger partial charge is 0.270 e. The number of carbonyl (C=O) groups excluding carboxylic acids is 1. The molecule has 0 unspecified atom stereocenters. The fourth-order valence-corrected chi connectivity index (χ4v) is 1.28. The van der Waals surface area contributed by atoms with Crippen molar-refractivity contribution in [3.63, 3.8) is 0 Å². The molecule has 0 aromatic heterocycles. The number of non-ortho nitro benzene ring substituents is 1. The molecular formula is C9H6BrNO3. The van der Waals surface area contributed by atoms with E-state index in [0.29, 0.717) is 16.3 Å². The number of rotatable bonds is 3. The van der Waals surface area contributed by atoms with Gasteiger partial charge in [-0.25, -0.2) is 0 Å². The van der Waals surface area contributed by atoms with Crippen molar-refractivity contribution in [3.8, 4) is 0 Å². The Kier molecular flexibility index (Phi) is 3.53. The zero-order valence-electron chi connectivity index (χ0n) is 7.01. The lowest BCUT2D eigenvalue weighted by molar-refractivity contribution is -0.384. The van der Waals surface area contributed by atoms with Crippen molar-refractivity contribution in [2.75, 3.05) is 0 Å². The molecule has 0 aliphatic carbocycles. The molecule has 0 saturated carbocycles. The summed E-state index contributed by atoms with van der Waals surface area (Å²) in [5.74, 6) is 0. The second-order valence-corrected chi connectivity index (χ2v) is 3.31. The van der Waals surface area contributed by atoms with E-state index < -0.39 is 4.92 Å². The summed E-state index contributed by atoms with van der Waals surface area (Å²) in [6, 6.07) is 6.03. The zero-order valence-corrected chi connectivity index (χ0v) is 8.60. The third-order valence-corrected chi connectivity index (χ3v) is 2.27. The predicted molar refractivity (Wildman–Crippen MR) is 56.1 cm³/mol. The molecule has 0 spiro atoms. The highest BCUT2D eigenvalue weighted by atomic mass is 79.9. The zero-order chi connectivity index (χ0) is 10.6. The molecule has 4 nitrogen and oxygen atoms in total. The van der Waals surface area contributed by atoms with E-state index in [-0.39, 0.29) is 5.69 Å². The van der Waals surface area contributed by atoms with Crippen molar-refractivity contribution < 1.29 is 9.72 Å². The van der Waals surface area contributed by atoms with Crippen LogP contribution in [0.25, 0.3) is 4.48 Å². The summed E-state index contributed by atoms with van der Waals surface area (Å²) in [5, 5.41) is 10.4. The first kappa shape index (κ1) is 10.6. The standard InChI is InChI=1S/C9H6BrNO3/c10-9(4-5-12)7-2-1-3-8(6-7)11(13)14/h1-6H/b9-4-. The van der Waals surface area contributed by atoms with Crippen LogP contribution in [0.1, 0.15) is 5.56 Å². The Morgan fingerprint density at radius 1 is 1.50 bits per heavy atom. The van der Waals surface area contributed by atoms with Gasteiger partial charge in [-0.1, -0.05) is 28.1 Å². The number of aldehydes is 1. The Labute approximate surface area is 88.5 Å². The Morgan fingerprint density at radius 2 is 2.21 bits per heavy atom. The van der Waals surface area contributed by atoms with Crippen molar-refractivity contribution >= 4 is 32.4 Å². The van der Waals surface area contributed by atoms with Gasteiger partial charge in [-0.2, -0.15) is 0 Å². The van der Waals surface area contributed by atoms with Crippen LogP contribution < -0.4 is 0 Å². The average molecular weight is 256 g/mol. The van der Waals surface area contributed by atoms with Crippen LogP contribution in [0.3, 0.4) is 0 Å². The number of halogens is 1. The Bertz CT molecular complexity index is 401. The van der Waals surface area contributed by atoms with Gasteiger partial charge in [0.2, 0.25) is 0 Å². The molecule has 1 aromatic rings. The molecule has 72 valence electrons. The highest BCUT2D eigenvalue weighted by Gasteiger charge is 2.06. The van der Waals surface area contributed by atoms with E-state index in [1.54, 1.807) is 12.1 Å². The molecule has 0 heterocycles. The van der Waals surface area contributed by atoms with Crippen LogP contribution in [-0.4, -0.2) is 11.2 Å². The first-order chi connectivity index (χ1) is 6.65. The van der Waals surface area contributed by atoms with E-state index >= 15 is 0 Å². The molecule has 14 heavy (non-hydrogen) atoms. The Balaban J connectivity index is 3.11. The van der Waals surface area contributed by atoms with E-state index in [0.717, 1.165) is 0 Å². The lowest BCUT2D eigenvalue weighted by Gasteiger charge is -1.97. The van der Waals surface area contributed by atoms with Gasteiger partial charge in [0.05, 0.1) is 4.92 Å². The molecule has 1 aromatic carbocycles. The minimum absolute atomic E-state index is 0.00116. The van der Waals surface area contributed by atoms with Crippen LogP contribution in [0.2, 0.25) is 0 Å². The number of carbonyl (C=O) groups is 1. The van der Waals surface area contributed by atoms with Crippen LogP contribution in [-0.2, 0) is 4.79 Å². The van der Waals surface area contributed by atoms with Gasteiger partial charge in [-0.15, -0.1) is 0 Å².